The highest BCUT2D eigenvalue weighted by atomic mass is 16.1. The van der Waals surface area contributed by atoms with Crippen LogP contribution in [0.15, 0.2) is 30.3 Å². The maximum atomic E-state index is 12.3. The Balaban J connectivity index is 1.70. The van der Waals surface area contributed by atoms with E-state index in [2.05, 4.69) is 32.7 Å². The first-order valence-corrected chi connectivity index (χ1v) is 8.66. The van der Waals surface area contributed by atoms with E-state index in [-0.39, 0.29) is 11.8 Å². The van der Waals surface area contributed by atoms with Gasteiger partial charge in [-0.3, -0.25) is 4.79 Å². The third-order valence-corrected chi connectivity index (χ3v) is 4.36. The highest BCUT2D eigenvalue weighted by Crippen LogP contribution is 2.23. The molecule has 1 N–H and O–H groups in total. The van der Waals surface area contributed by atoms with E-state index in [1.54, 1.807) is 4.68 Å². The number of nitrogens with zero attached hydrogens (tertiary/aromatic N) is 5. The largest absolute Gasteiger partial charge is 0.356 e. The molecular formula is C17H24N6O. The Labute approximate surface area is 142 Å². The number of carbonyl (C=O) groups excluding carboxylic acids is 1. The number of amides is 1. The Bertz CT molecular complexity index is 656. The van der Waals surface area contributed by atoms with E-state index in [9.17, 15) is 4.79 Å². The Morgan fingerprint density at radius 1 is 1.33 bits per heavy atom. The van der Waals surface area contributed by atoms with Crippen molar-refractivity contribution >= 4 is 11.9 Å². The van der Waals surface area contributed by atoms with Crippen LogP contribution in [0, 0.1) is 5.92 Å². The van der Waals surface area contributed by atoms with Gasteiger partial charge in [0.25, 0.3) is 0 Å². The van der Waals surface area contributed by atoms with Crippen LogP contribution in [0.25, 0.3) is 5.69 Å². The smallest absolute Gasteiger partial charge is 0.250 e. The van der Waals surface area contributed by atoms with Crippen LogP contribution in [0.3, 0.4) is 0 Å². The summed E-state index contributed by atoms with van der Waals surface area (Å²) in [5.41, 5.74) is 0.923. The number of rotatable bonds is 6. The lowest BCUT2D eigenvalue weighted by molar-refractivity contribution is -0.125. The van der Waals surface area contributed by atoms with Crippen molar-refractivity contribution < 1.29 is 4.79 Å². The maximum Gasteiger partial charge on any atom is 0.250 e. The number of carbonyl (C=O) groups is 1. The van der Waals surface area contributed by atoms with E-state index in [0.717, 1.165) is 44.5 Å². The summed E-state index contributed by atoms with van der Waals surface area (Å²) in [4.78, 5) is 14.5. The molecule has 0 spiro atoms. The topological polar surface area (TPSA) is 75.9 Å². The van der Waals surface area contributed by atoms with Crippen molar-refractivity contribution in [2.45, 2.75) is 32.6 Å². The summed E-state index contributed by atoms with van der Waals surface area (Å²) in [6, 6.07) is 9.82. The SMILES string of the molecule is CCCCNC(=O)C1CCCN(c2nnnn2-c2ccccc2)C1. The summed E-state index contributed by atoms with van der Waals surface area (Å²) in [6.07, 6.45) is 3.99. The number of anilines is 1. The van der Waals surface area contributed by atoms with E-state index in [4.69, 9.17) is 0 Å². The molecule has 128 valence electrons. The van der Waals surface area contributed by atoms with Gasteiger partial charge in [0.05, 0.1) is 11.6 Å². The fraction of sp³-hybridized carbons (Fsp3) is 0.529. The molecule has 1 saturated heterocycles. The Morgan fingerprint density at radius 3 is 2.96 bits per heavy atom. The molecule has 1 aromatic carbocycles. The number of benzene rings is 1. The average molecular weight is 328 g/mol. The predicted molar refractivity (Wildman–Crippen MR) is 92.0 cm³/mol. The molecule has 1 atom stereocenters. The predicted octanol–water partition coefficient (Wildman–Crippen LogP) is 1.79. The highest BCUT2D eigenvalue weighted by Gasteiger charge is 2.28. The second kappa shape index (κ2) is 7.90. The lowest BCUT2D eigenvalue weighted by atomic mass is 9.97. The maximum absolute atomic E-state index is 12.3. The van der Waals surface area contributed by atoms with Gasteiger partial charge >= 0.3 is 0 Å². The van der Waals surface area contributed by atoms with Gasteiger partial charge < -0.3 is 10.2 Å². The zero-order valence-corrected chi connectivity index (χ0v) is 14.1. The molecule has 1 aliphatic rings. The van der Waals surface area contributed by atoms with Crippen molar-refractivity contribution in [3.05, 3.63) is 30.3 Å². The minimum absolute atomic E-state index is 0.00321. The number of nitrogens with one attached hydrogen (secondary N) is 1. The number of piperidine rings is 1. The molecule has 7 nitrogen and oxygen atoms in total. The van der Waals surface area contributed by atoms with Crippen molar-refractivity contribution in [3.63, 3.8) is 0 Å². The molecule has 24 heavy (non-hydrogen) atoms. The van der Waals surface area contributed by atoms with Crippen molar-refractivity contribution in [2.75, 3.05) is 24.5 Å². The molecule has 1 unspecified atom stereocenters. The van der Waals surface area contributed by atoms with Gasteiger partial charge in [-0.1, -0.05) is 36.6 Å². The molecular weight excluding hydrogens is 304 g/mol. The van der Waals surface area contributed by atoms with Crippen molar-refractivity contribution in [2.24, 2.45) is 5.92 Å². The fourth-order valence-electron chi connectivity index (χ4n) is 3.02. The third-order valence-electron chi connectivity index (χ3n) is 4.36. The van der Waals surface area contributed by atoms with Crippen LogP contribution in [0.4, 0.5) is 5.95 Å². The highest BCUT2D eigenvalue weighted by molar-refractivity contribution is 5.79. The standard InChI is InChI=1S/C17H24N6O/c1-2-3-11-18-16(24)14-8-7-12-22(13-14)17-19-20-21-23(17)15-9-5-4-6-10-15/h4-6,9-10,14H,2-3,7-8,11-13H2,1H3,(H,18,24). The number of hydrogen-bond acceptors (Lipinski definition) is 5. The van der Waals surface area contributed by atoms with Crippen LogP contribution in [0.5, 0.6) is 0 Å². The molecule has 7 heteroatoms. The van der Waals surface area contributed by atoms with Gasteiger partial charge in [-0.25, -0.2) is 0 Å². The van der Waals surface area contributed by atoms with Crippen molar-refractivity contribution in [3.8, 4) is 5.69 Å². The van der Waals surface area contributed by atoms with Gasteiger partial charge in [-0.2, -0.15) is 4.68 Å². The quantitative estimate of drug-likeness (QED) is 0.818. The van der Waals surface area contributed by atoms with E-state index in [1.165, 1.54) is 0 Å². The normalized spacial score (nSPS) is 17.7. The number of para-hydroxylation sites is 1. The monoisotopic (exact) mass is 328 g/mol. The van der Waals surface area contributed by atoms with Crippen LogP contribution in [0.2, 0.25) is 0 Å². The average Bonchev–Trinajstić information content (AvgIpc) is 3.12. The van der Waals surface area contributed by atoms with Crippen LogP contribution in [0.1, 0.15) is 32.6 Å². The molecule has 0 radical (unpaired) electrons. The minimum Gasteiger partial charge on any atom is -0.356 e. The van der Waals surface area contributed by atoms with E-state index >= 15 is 0 Å². The van der Waals surface area contributed by atoms with Crippen molar-refractivity contribution in [1.82, 2.24) is 25.5 Å². The van der Waals surface area contributed by atoms with Gasteiger partial charge in [0.15, 0.2) is 0 Å². The zero-order chi connectivity index (χ0) is 16.8. The molecule has 1 aromatic heterocycles. The molecule has 0 bridgehead atoms. The molecule has 1 aliphatic heterocycles. The molecule has 1 amide bonds. The van der Waals surface area contributed by atoms with Crippen molar-refractivity contribution in [1.29, 1.82) is 0 Å². The number of tetrazole rings is 1. The first-order chi connectivity index (χ1) is 11.8. The summed E-state index contributed by atoms with van der Waals surface area (Å²) < 4.78 is 1.73. The Hall–Kier alpha value is -2.44. The molecule has 0 aliphatic carbocycles. The van der Waals surface area contributed by atoms with E-state index in [1.807, 2.05) is 30.3 Å². The van der Waals surface area contributed by atoms with Gasteiger partial charge in [-0.15, -0.1) is 0 Å². The van der Waals surface area contributed by atoms with Crippen LogP contribution in [-0.2, 0) is 4.79 Å². The van der Waals surface area contributed by atoms with Gasteiger partial charge in [0.2, 0.25) is 11.9 Å². The second-order valence-electron chi connectivity index (χ2n) is 6.16. The molecule has 3 rings (SSSR count). The third kappa shape index (κ3) is 3.72. The van der Waals surface area contributed by atoms with E-state index < -0.39 is 0 Å². The summed E-state index contributed by atoms with van der Waals surface area (Å²) in [6.45, 7) is 4.41. The van der Waals surface area contributed by atoms with Crippen LogP contribution >= 0.6 is 0 Å². The zero-order valence-electron chi connectivity index (χ0n) is 14.1. The van der Waals surface area contributed by atoms with E-state index in [0.29, 0.717) is 12.5 Å². The summed E-state index contributed by atoms with van der Waals surface area (Å²) in [5.74, 6) is 0.843. The lowest BCUT2D eigenvalue weighted by Gasteiger charge is -2.32. The van der Waals surface area contributed by atoms with Gasteiger partial charge in [-0.05, 0) is 41.8 Å². The lowest BCUT2D eigenvalue weighted by Crippen LogP contribution is -2.44. The summed E-state index contributed by atoms with van der Waals surface area (Å²) in [5, 5.41) is 15.2. The molecule has 0 saturated carbocycles. The second-order valence-corrected chi connectivity index (χ2v) is 6.16. The Morgan fingerprint density at radius 2 is 2.17 bits per heavy atom. The molecule has 1 fully saturated rings. The molecule has 2 aromatic rings. The summed E-state index contributed by atoms with van der Waals surface area (Å²) in [7, 11) is 0. The van der Waals surface area contributed by atoms with Crippen LogP contribution < -0.4 is 10.2 Å². The fourth-order valence-corrected chi connectivity index (χ4v) is 3.02. The first kappa shape index (κ1) is 16.4. The molecule has 2 heterocycles. The minimum atomic E-state index is -0.00321. The summed E-state index contributed by atoms with van der Waals surface area (Å²) >= 11 is 0. The number of hydrogen-bond donors (Lipinski definition) is 1. The Kier molecular flexibility index (Phi) is 5.40. The van der Waals surface area contributed by atoms with Gasteiger partial charge in [0.1, 0.15) is 0 Å². The number of unbranched alkanes of at least 4 members (excludes halogenated alkanes) is 1. The van der Waals surface area contributed by atoms with Gasteiger partial charge in [0, 0.05) is 19.6 Å². The number of aromatic nitrogens is 4. The van der Waals surface area contributed by atoms with Crippen LogP contribution in [-0.4, -0.2) is 45.7 Å². The first-order valence-electron chi connectivity index (χ1n) is 8.66.